The Morgan fingerprint density at radius 3 is 2.00 bits per heavy atom. The zero-order valence-corrected chi connectivity index (χ0v) is 9.82. The lowest BCUT2D eigenvalue weighted by atomic mass is 10.1. The number of rotatable bonds is 5. The van der Waals surface area contributed by atoms with Crippen LogP contribution in [0.5, 0.6) is 17.2 Å². The van der Waals surface area contributed by atoms with E-state index in [9.17, 15) is 0 Å². The van der Waals surface area contributed by atoms with Crippen LogP contribution in [-0.2, 0) is 0 Å². The Hall–Kier alpha value is -1.90. The van der Waals surface area contributed by atoms with Crippen molar-refractivity contribution in [2.24, 2.45) is 0 Å². The van der Waals surface area contributed by atoms with Crippen LogP contribution in [0.15, 0.2) is 30.9 Å². The number of hydrogen-bond acceptors (Lipinski definition) is 3. The van der Waals surface area contributed by atoms with Crippen molar-refractivity contribution in [3.63, 3.8) is 0 Å². The standard InChI is InChI=1S/C13H16O3/c1-5-6-7-10-8-12(15-3)13(16-4)9-11(10)14-2/h5-9H,1H2,2-4H3. The Morgan fingerprint density at radius 1 is 0.938 bits per heavy atom. The summed E-state index contributed by atoms with van der Waals surface area (Å²) in [5, 5.41) is 0. The lowest BCUT2D eigenvalue weighted by Gasteiger charge is -2.11. The third-order valence-electron chi connectivity index (χ3n) is 2.15. The Kier molecular flexibility index (Phi) is 4.45. The maximum absolute atomic E-state index is 5.26. The highest BCUT2D eigenvalue weighted by atomic mass is 16.5. The van der Waals surface area contributed by atoms with Gasteiger partial charge in [-0.2, -0.15) is 0 Å². The van der Waals surface area contributed by atoms with Gasteiger partial charge in [-0.15, -0.1) is 0 Å². The van der Waals surface area contributed by atoms with Crippen molar-refractivity contribution in [1.29, 1.82) is 0 Å². The number of allylic oxidation sites excluding steroid dienone is 2. The lowest BCUT2D eigenvalue weighted by Crippen LogP contribution is -1.94. The highest BCUT2D eigenvalue weighted by Gasteiger charge is 2.09. The first-order chi connectivity index (χ1) is 7.76. The number of ether oxygens (including phenoxy) is 3. The summed E-state index contributed by atoms with van der Waals surface area (Å²) in [7, 11) is 4.81. The molecule has 0 aromatic heterocycles. The van der Waals surface area contributed by atoms with E-state index in [4.69, 9.17) is 14.2 Å². The molecule has 0 saturated carbocycles. The molecule has 0 radical (unpaired) electrons. The van der Waals surface area contributed by atoms with E-state index in [0.29, 0.717) is 11.5 Å². The third-order valence-corrected chi connectivity index (χ3v) is 2.15. The fraction of sp³-hybridized carbons (Fsp3) is 0.231. The van der Waals surface area contributed by atoms with Crippen molar-refractivity contribution in [2.75, 3.05) is 21.3 Å². The van der Waals surface area contributed by atoms with Gasteiger partial charge >= 0.3 is 0 Å². The molecule has 1 rings (SSSR count). The maximum Gasteiger partial charge on any atom is 0.164 e. The van der Waals surface area contributed by atoms with Gasteiger partial charge in [0, 0.05) is 11.6 Å². The predicted molar refractivity (Wildman–Crippen MR) is 65.3 cm³/mol. The number of hydrogen-bond donors (Lipinski definition) is 0. The maximum atomic E-state index is 5.26. The van der Waals surface area contributed by atoms with E-state index in [-0.39, 0.29) is 0 Å². The summed E-state index contributed by atoms with van der Waals surface area (Å²) in [5.74, 6) is 2.05. The van der Waals surface area contributed by atoms with Gasteiger partial charge in [0.2, 0.25) is 0 Å². The molecule has 1 aromatic carbocycles. The van der Waals surface area contributed by atoms with Gasteiger partial charge in [0.1, 0.15) is 5.75 Å². The van der Waals surface area contributed by atoms with Crippen molar-refractivity contribution < 1.29 is 14.2 Å². The van der Waals surface area contributed by atoms with Crippen LogP contribution in [0, 0.1) is 0 Å². The van der Waals surface area contributed by atoms with Crippen molar-refractivity contribution in [1.82, 2.24) is 0 Å². The largest absolute Gasteiger partial charge is 0.496 e. The van der Waals surface area contributed by atoms with E-state index < -0.39 is 0 Å². The van der Waals surface area contributed by atoms with E-state index in [2.05, 4.69) is 6.58 Å². The lowest BCUT2D eigenvalue weighted by molar-refractivity contribution is 0.348. The average Bonchev–Trinajstić information content (AvgIpc) is 2.35. The summed E-state index contributed by atoms with van der Waals surface area (Å²) in [6.45, 7) is 3.62. The Balaban J connectivity index is 3.25. The van der Waals surface area contributed by atoms with E-state index in [1.54, 1.807) is 33.5 Å². The molecule has 0 atom stereocenters. The molecule has 0 fully saturated rings. The second-order valence-electron chi connectivity index (χ2n) is 3.04. The highest BCUT2D eigenvalue weighted by Crippen LogP contribution is 2.35. The van der Waals surface area contributed by atoms with E-state index in [1.807, 2.05) is 18.2 Å². The van der Waals surface area contributed by atoms with Crippen molar-refractivity contribution in [3.05, 3.63) is 36.4 Å². The average molecular weight is 220 g/mol. The van der Waals surface area contributed by atoms with Crippen LogP contribution in [0.25, 0.3) is 6.08 Å². The molecule has 16 heavy (non-hydrogen) atoms. The van der Waals surface area contributed by atoms with Crippen LogP contribution in [-0.4, -0.2) is 21.3 Å². The molecule has 0 bridgehead atoms. The van der Waals surface area contributed by atoms with Gasteiger partial charge in [-0.25, -0.2) is 0 Å². The molecule has 0 aliphatic heterocycles. The van der Waals surface area contributed by atoms with Crippen LogP contribution in [0.3, 0.4) is 0 Å². The first-order valence-corrected chi connectivity index (χ1v) is 4.86. The summed E-state index contributed by atoms with van der Waals surface area (Å²) >= 11 is 0. The van der Waals surface area contributed by atoms with Crippen molar-refractivity contribution in [2.45, 2.75) is 0 Å². The SMILES string of the molecule is C=CC=Cc1cc(OC)c(OC)cc1OC. The minimum absolute atomic E-state index is 0.648. The van der Waals surface area contributed by atoms with Gasteiger partial charge in [0.15, 0.2) is 11.5 Å². The number of benzene rings is 1. The van der Waals surface area contributed by atoms with Crippen molar-refractivity contribution in [3.8, 4) is 17.2 Å². The molecule has 0 unspecified atom stereocenters. The van der Waals surface area contributed by atoms with Crippen molar-refractivity contribution >= 4 is 6.08 Å². The van der Waals surface area contributed by atoms with E-state index in [1.165, 1.54) is 0 Å². The molecule has 0 N–H and O–H groups in total. The monoisotopic (exact) mass is 220 g/mol. The van der Waals surface area contributed by atoms with Gasteiger partial charge in [-0.1, -0.05) is 24.8 Å². The van der Waals surface area contributed by atoms with Crippen LogP contribution < -0.4 is 14.2 Å². The summed E-state index contributed by atoms with van der Waals surface area (Å²) in [5.41, 5.74) is 0.917. The molecule has 0 heterocycles. The van der Waals surface area contributed by atoms with Gasteiger partial charge in [0.25, 0.3) is 0 Å². The molecule has 3 heteroatoms. The molecule has 0 spiro atoms. The predicted octanol–water partition coefficient (Wildman–Crippen LogP) is 2.91. The normalized spacial score (nSPS) is 10.2. The fourth-order valence-corrected chi connectivity index (χ4v) is 1.35. The fourth-order valence-electron chi connectivity index (χ4n) is 1.35. The second-order valence-corrected chi connectivity index (χ2v) is 3.04. The first-order valence-electron chi connectivity index (χ1n) is 4.86. The van der Waals surface area contributed by atoms with Crippen LogP contribution in [0.1, 0.15) is 5.56 Å². The molecule has 0 amide bonds. The van der Waals surface area contributed by atoms with E-state index >= 15 is 0 Å². The quantitative estimate of drug-likeness (QED) is 0.714. The van der Waals surface area contributed by atoms with Gasteiger partial charge < -0.3 is 14.2 Å². The van der Waals surface area contributed by atoms with E-state index in [0.717, 1.165) is 11.3 Å². The van der Waals surface area contributed by atoms with Gasteiger partial charge in [-0.05, 0) is 6.07 Å². The zero-order chi connectivity index (χ0) is 12.0. The zero-order valence-electron chi connectivity index (χ0n) is 9.82. The first kappa shape index (κ1) is 12.2. The van der Waals surface area contributed by atoms with Crippen LogP contribution in [0.4, 0.5) is 0 Å². The third kappa shape index (κ3) is 2.57. The molecule has 0 saturated heterocycles. The molecular weight excluding hydrogens is 204 g/mol. The second kappa shape index (κ2) is 5.85. The molecule has 1 aromatic rings. The topological polar surface area (TPSA) is 27.7 Å². The highest BCUT2D eigenvalue weighted by molar-refractivity contribution is 5.64. The Morgan fingerprint density at radius 2 is 1.50 bits per heavy atom. The molecule has 3 nitrogen and oxygen atoms in total. The Labute approximate surface area is 95.9 Å². The summed E-state index contributed by atoms with van der Waals surface area (Å²) in [6, 6.07) is 3.65. The number of methoxy groups -OCH3 is 3. The summed E-state index contributed by atoms with van der Waals surface area (Å²) < 4.78 is 15.7. The smallest absolute Gasteiger partial charge is 0.164 e. The van der Waals surface area contributed by atoms with Crippen LogP contribution >= 0.6 is 0 Å². The van der Waals surface area contributed by atoms with Gasteiger partial charge in [0.05, 0.1) is 21.3 Å². The minimum Gasteiger partial charge on any atom is -0.496 e. The van der Waals surface area contributed by atoms with Crippen LogP contribution in [0.2, 0.25) is 0 Å². The molecule has 86 valence electrons. The molecule has 0 aliphatic rings. The summed E-state index contributed by atoms with van der Waals surface area (Å²) in [6.07, 6.45) is 5.44. The minimum atomic E-state index is 0.648. The summed E-state index contributed by atoms with van der Waals surface area (Å²) in [4.78, 5) is 0. The van der Waals surface area contributed by atoms with Gasteiger partial charge in [-0.3, -0.25) is 0 Å². The molecular formula is C13H16O3. The molecule has 0 aliphatic carbocycles. The Bertz CT molecular complexity index is 394.